The maximum atomic E-state index is 14.3. The van der Waals surface area contributed by atoms with E-state index in [1.54, 1.807) is 12.1 Å². The summed E-state index contributed by atoms with van der Waals surface area (Å²) in [6, 6.07) is 7.67. The molecule has 0 aromatic heterocycles. The third-order valence-corrected chi connectivity index (χ3v) is 6.40. The Morgan fingerprint density at radius 3 is 2.40 bits per heavy atom. The second kappa shape index (κ2) is 8.80. The number of sulfonamides is 1. The number of benzene rings is 2. The summed E-state index contributed by atoms with van der Waals surface area (Å²) >= 11 is 0. The van der Waals surface area contributed by atoms with Crippen LogP contribution in [0.3, 0.4) is 0 Å². The summed E-state index contributed by atoms with van der Waals surface area (Å²) in [5, 5.41) is 2.61. The molecule has 1 aliphatic rings. The van der Waals surface area contributed by atoms with Crippen LogP contribution in [0.5, 0.6) is 0 Å². The first-order valence-electron chi connectivity index (χ1n) is 9.46. The van der Waals surface area contributed by atoms with Gasteiger partial charge in [0.2, 0.25) is 15.9 Å². The van der Waals surface area contributed by atoms with Gasteiger partial charge >= 0.3 is 0 Å². The van der Waals surface area contributed by atoms with Gasteiger partial charge in [0, 0.05) is 18.7 Å². The smallest absolute Gasteiger partial charge is 0.258 e. The van der Waals surface area contributed by atoms with Crippen LogP contribution >= 0.6 is 0 Å². The van der Waals surface area contributed by atoms with Crippen LogP contribution in [0.2, 0.25) is 0 Å². The molecule has 10 heteroatoms. The Morgan fingerprint density at radius 2 is 1.77 bits per heavy atom. The van der Waals surface area contributed by atoms with Crippen molar-refractivity contribution in [3.8, 4) is 0 Å². The number of nitrogens with zero attached hydrogens (tertiary/aromatic N) is 1. The van der Waals surface area contributed by atoms with Crippen molar-refractivity contribution >= 4 is 33.2 Å². The third kappa shape index (κ3) is 4.60. The SMILES string of the molecule is CNS(=O)(=O)c1ccc(F)c(C(=O)Nc2cc(C(N)=O)ccc2N2CCCCC2)c1. The minimum atomic E-state index is -3.85. The number of carbonyl (C=O) groups excluding carboxylic acids is 2. The van der Waals surface area contributed by atoms with E-state index in [-0.39, 0.29) is 10.5 Å². The molecule has 0 aliphatic carbocycles. The third-order valence-electron chi connectivity index (χ3n) is 4.99. The molecule has 0 bridgehead atoms. The van der Waals surface area contributed by atoms with Crippen molar-refractivity contribution in [2.24, 2.45) is 5.73 Å². The van der Waals surface area contributed by atoms with Gasteiger partial charge in [0.25, 0.3) is 5.91 Å². The maximum absolute atomic E-state index is 14.3. The fourth-order valence-corrected chi connectivity index (χ4v) is 4.11. The number of carbonyl (C=O) groups is 2. The molecule has 0 spiro atoms. The number of halogens is 1. The lowest BCUT2D eigenvalue weighted by Gasteiger charge is -2.30. The fourth-order valence-electron chi connectivity index (χ4n) is 3.35. The van der Waals surface area contributed by atoms with Gasteiger partial charge in [0.15, 0.2) is 0 Å². The van der Waals surface area contributed by atoms with Gasteiger partial charge in [0.05, 0.1) is 21.8 Å². The van der Waals surface area contributed by atoms with Crippen LogP contribution in [0, 0.1) is 5.82 Å². The highest BCUT2D eigenvalue weighted by Crippen LogP contribution is 2.30. The predicted molar refractivity (Wildman–Crippen MR) is 112 cm³/mol. The molecule has 0 atom stereocenters. The summed E-state index contributed by atoms with van der Waals surface area (Å²) in [5.74, 6) is -2.36. The Balaban J connectivity index is 1.98. The molecule has 30 heavy (non-hydrogen) atoms. The molecule has 8 nitrogen and oxygen atoms in total. The molecular weight excluding hydrogens is 411 g/mol. The molecule has 160 valence electrons. The number of piperidine rings is 1. The van der Waals surface area contributed by atoms with Gasteiger partial charge in [-0.05, 0) is 62.7 Å². The van der Waals surface area contributed by atoms with Crippen LogP contribution in [0.1, 0.15) is 40.0 Å². The van der Waals surface area contributed by atoms with Gasteiger partial charge in [-0.1, -0.05) is 0 Å². The molecule has 1 heterocycles. The molecule has 1 fully saturated rings. The second-order valence-electron chi connectivity index (χ2n) is 6.95. The molecule has 4 N–H and O–H groups in total. The lowest BCUT2D eigenvalue weighted by Crippen LogP contribution is -2.30. The minimum absolute atomic E-state index is 0.193. The van der Waals surface area contributed by atoms with Crippen molar-refractivity contribution in [1.29, 1.82) is 0 Å². The Labute approximate surface area is 174 Å². The van der Waals surface area contributed by atoms with Gasteiger partial charge in [-0.3, -0.25) is 9.59 Å². The zero-order valence-electron chi connectivity index (χ0n) is 16.4. The van der Waals surface area contributed by atoms with E-state index in [4.69, 9.17) is 5.73 Å². The maximum Gasteiger partial charge on any atom is 0.258 e. The highest BCUT2D eigenvalue weighted by molar-refractivity contribution is 7.89. The van der Waals surface area contributed by atoms with Gasteiger partial charge in [-0.15, -0.1) is 0 Å². The molecule has 0 unspecified atom stereocenters. The van der Waals surface area contributed by atoms with Crippen molar-refractivity contribution < 1.29 is 22.4 Å². The minimum Gasteiger partial charge on any atom is -0.370 e. The Hall–Kier alpha value is -2.98. The van der Waals surface area contributed by atoms with E-state index < -0.39 is 33.2 Å². The summed E-state index contributed by atoms with van der Waals surface area (Å²) < 4.78 is 40.4. The number of hydrogen-bond acceptors (Lipinski definition) is 5. The van der Waals surface area contributed by atoms with Gasteiger partial charge in [-0.2, -0.15) is 0 Å². The average Bonchev–Trinajstić information content (AvgIpc) is 2.74. The van der Waals surface area contributed by atoms with Crippen LogP contribution in [-0.4, -0.2) is 40.4 Å². The highest BCUT2D eigenvalue weighted by atomic mass is 32.2. The Kier molecular flexibility index (Phi) is 6.37. The summed E-state index contributed by atoms with van der Waals surface area (Å²) in [5.41, 5.74) is 6.12. The number of nitrogens with two attached hydrogens (primary N) is 1. The van der Waals surface area contributed by atoms with Crippen LogP contribution in [0.4, 0.5) is 15.8 Å². The molecule has 2 amide bonds. The first kappa shape index (κ1) is 21.7. The van der Waals surface area contributed by atoms with Gasteiger partial charge in [-0.25, -0.2) is 17.5 Å². The monoisotopic (exact) mass is 434 g/mol. The molecule has 0 radical (unpaired) electrons. The second-order valence-corrected chi connectivity index (χ2v) is 8.83. The van der Waals surface area contributed by atoms with E-state index in [2.05, 4.69) is 14.9 Å². The van der Waals surface area contributed by atoms with E-state index in [1.807, 2.05) is 0 Å². The van der Waals surface area contributed by atoms with Crippen molar-refractivity contribution in [3.05, 3.63) is 53.3 Å². The largest absolute Gasteiger partial charge is 0.370 e. The summed E-state index contributed by atoms with van der Waals surface area (Å²) in [7, 11) is -2.63. The first-order valence-corrected chi connectivity index (χ1v) is 10.9. The van der Waals surface area contributed by atoms with E-state index in [0.29, 0.717) is 11.4 Å². The van der Waals surface area contributed by atoms with Crippen molar-refractivity contribution in [2.75, 3.05) is 30.4 Å². The summed E-state index contributed by atoms with van der Waals surface area (Å²) in [4.78, 5) is 26.3. The molecule has 3 rings (SSSR count). The predicted octanol–water partition coefficient (Wildman–Crippen LogP) is 2.08. The van der Waals surface area contributed by atoms with E-state index in [9.17, 15) is 22.4 Å². The lowest BCUT2D eigenvalue weighted by atomic mass is 10.1. The highest BCUT2D eigenvalue weighted by Gasteiger charge is 2.21. The number of amides is 2. The first-order chi connectivity index (χ1) is 14.2. The normalized spacial score (nSPS) is 14.4. The zero-order valence-corrected chi connectivity index (χ0v) is 17.3. The topological polar surface area (TPSA) is 122 Å². The van der Waals surface area contributed by atoms with E-state index in [0.717, 1.165) is 50.6 Å². The van der Waals surface area contributed by atoms with E-state index in [1.165, 1.54) is 13.1 Å². The van der Waals surface area contributed by atoms with Crippen LogP contribution in [0.15, 0.2) is 41.3 Å². The van der Waals surface area contributed by atoms with Crippen molar-refractivity contribution in [3.63, 3.8) is 0 Å². The molecule has 2 aromatic rings. The molecule has 1 saturated heterocycles. The number of anilines is 2. The summed E-state index contributed by atoms with van der Waals surface area (Å²) in [6.45, 7) is 1.56. The quantitative estimate of drug-likeness (QED) is 0.643. The van der Waals surface area contributed by atoms with Gasteiger partial charge < -0.3 is 16.0 Å². The number of rotatable bonds is 6. The van der Waals surface area contributed by atoms with Crippen LogP contribution in [-0.2, 0) is 10.0 Å². The fraction of sp³-hybridized carbons (Fsp3) is 0.300. The standard InChI is InChI=1S/C20H23FN4O4S/c1-23-30(28,29)14-6-7-16(21)15(12-14)20(27)24-17-11-13(19(22)26)5-8-18(17)25-9-3-2-4-10-25/h5-8,11-12,23H,2-4,9-10H2,1H3,(H2,22,26)(H,24,27). The van der Waals surface area contributed by atoms with Gasteiger partial charge in [0.1, 0.15) is 5.82 Å². The number of primary amides is 1. The lowest BCUT2D eigenvalue weighted by molar-refractivity contribution is 0.0995. The molecule has 0 saturated carbocycles. The van der Waals surface area contributed by atoms with Crippen LogP contribution in [0.25, 0.3) is 0 Å². The van der Waals surface area contributed by atoms with E-state index >= 15 is 0 Å². The molecule has 2 aromatic carbocycles. The average molecular weight is 434 g/mol. The van der Waals surface area contributed by atoms with Crippen LogP contribution < -0.4 is 20.7 Å². The number of nitrogens with one attached hydrogen (secondary N) is 2. The summed E-state index contributed by atoms with van der Waals surface area (Å²) in [6.07, 6.45) is 3.09. The van der Waals surface area contributed by atoms with Crippen molar-refractivity contribution in [1.82, 2.24) is 4.72 Å². The number of hydrogen-bond donors (Lipinski definition) is 3. The zero-order chi connectivity index (χ0) is 21.9. The molecule has 1 aliphatic heterocycles. The van der Waals surface area contributed by atoms with Crippen molar-refractivity contribution in [2.45, 2.75) is 24.2 Å². The Bertz CT molecular complexity index is 1080. The molecular formula is C20H23FN4O4S. The Morgan fingerprint density at radius 1 is 1.07 bits per heavy atom.